The van der Waals surface area contributed by atoms with E-state index in [1.54, 1.807) is 0 Å². The van der Waals surface area contributed by atoms with Gasteiger partial charge in [-0.3, -0.25) is 4.79 Å². The lowest BCUT2D eigenvalue weighted by atomic mass is 10.0. The van der Waals surface area contributed by atoms with Crippen molar-refractivity contribution in [3.63, 3.8) is 0 Å². The summed E-state index contributed by atoms with van der Waals surface area (Å²) in [7, 11) is 0. The lowest BCUT2D eigenvalue weighted by Crippen LogP contribution is -2.46. The van der Waals surface area contributed by atoms with Crippen molar-refractivity contribution < 1.29 is 18.0 Å². The van der Waals surface area contributed by atoms with Crippen molar-refractivity contribution in [3.8, 4) is 0 Å². The molecule has 2 N–H and O–H groups in total. The highest BCUT2D eigenvalue weighted by molar-refractivity contribution is 5.81. The lowest BCUT2D eigenvalue weighted by Gasteiger charge is -2.23. The molecule has 20 heavy (non-hydrogen) atoms. The predicted molar refractivity (Wildman–Crippen MR) is 68.9 cm³/mol. The van der Waals surface area contributed by atoms with Crippen LogP contribution in [0.3, 0.4) is 0 Å². The molecule has 1 aromatic rings. The van der Waals surface area contributed by atoms with Crippen molar-refractivity contribution in [2.45, 2.75) is 38.0 Å². The number of benzene rings is 1. The van der Waals surface area contributed by atoms with Gasteiger partial charge < -0.3 is 10.6 Å². The number of alkyl halides is 3. The topological polar surface area (TPSA) is 41.1 Å². The van der Waals surface area contributed by atoms with E-state index in [-0.39, 0.29) is 24.1 Å². The van der Waals surface area contributed by atoms with Crippen molar-refractivity contribution in [2.75, 3.05) is 6.54 Å². The van der Waals surface area contributed by atoms with Crippen LogP contribution in [0.15, 0.2) is 24.3 Å². The molecule has 0 radical (unpaired) electrons. The Kier molecular flexibility index (Phi) is 4.65. The van der Waals surface area contributed by atoms with Crippen LogP contribution in [-0.4, -0.2) is 18.5 Å². The van der Waals surface area contributed by atoms with E-state index >= 15 is 0 Å². The van der Waals surface area contributed by atoms with Crippen LogP contribution in [0.4, 0.5) is 13.2 Å². The van der Waals surface area contributed by atoms with Gasteiger partial charge in [-0.05, 0) is 31.0 Å². The maximum atomic E-state index is 12.8. The molecule has 1 aromatic carbocycles. The van der Waals surface area contributed by atoms with Crippen LogP contribution in [0.1, 0.15) is 30.4 Å². The molecule has 2 rings (SSSR count). The van der Waals surface area contributed by atoms with E-state index < -0.39 is 11.7 Å². The highest BCUT2D eigenvalue weighted by Gasteiger charge is 2.33. The van der Waals surface area contributed by atoms with Crippen molar-refractivity contribution in [2.24, 2.45) is 0 Å². The number of carbonyl (C=O) groups excluding carboxylic acids is 1. The van der Waals surface area contributed by atoms with Crippen LogP contribution < -0.4 is 10.6 Å². The number of nitrogens with one attached hydrogen (secondary N) is 2. The number of halogens is 3. The molecule has 0 aromatic heterocycles. The lowest BCUT2D eigenvalue weighted by molar-refractivity contribution is -0.138. The van der Waals surface area contributed by atoms with Gasteiger partial charge in [-0.15, -0.1) is 0 Å². The van der Waals surface area contributed by atoms with Gasteiger partial charge in [-0.2, -0.15) is 13.2 Å². The first-order valence-electron chi connectivity index (χ1n) is 6.64. The summed E-state index contributed by atoms with van der Waals surface area (Å²) in [5.41, 5.74) is -0.610. The van der Waals surface area contributed by atoms with Crippen molar-refractivity contribution in [3.05, 3.63) is 35.4 Å². The average Bonchev–Trinajstić information content (AvgIpc) is 2.45. The number of carbonyl (C=O) groups is 1. The van der Waals surface area contributed by atoms with Crippen LogP contribution in [0.5, 0.6) is 0 Å². The van der Waals surface area contributed by atoms with E-state index in [9.17, 15) is 18.0 Å². The van der Waals surface area contributed by atoms with Crippen LogP contribution >= 0.6 is 0 Å². The average molecular weight is 286 g/mol. The SMILES string of the molecule is O=C(NCc1ccccc1C(F)(F)F)[C@@H]1CCCCN1. The molecule has 1 amide bonds. The third-order valence-electron chi connectivity index (χ3n) is 3.40. The van der Waals surface area contributed by atoms with Gasteiger partial charge >= 0.3 is 6.18 Å². The fourth-order valence-corrected chi connectivity index (χ4v) is 2.33. The molecule has 0 aliphatic carbocycles. The molecule has 6 heteroatoms. The van der Waals surface area contributed by atoms with Crippen LogP contribution in [-0.2, 0) is 17.5 Å². The van der Waals surface area contributed by atoms with E-state index in [2.05, 4.69) is 10.6 Å². The Morgan fingerprint density at radius 1 is 1.30 bits per heavy atom. The first kappa shape index (κ1) is 14.8. The summed E-state index contributed by atoms with van der Waals surface area (Å²) >= 11 is 0. The predicted octanol–water partition coefficient (Wildman–Crippen LogP) is 2.46. The third kappa shape index (κ3) is 3.72. The summed E-state index contributed by atoms with van der Waals surface area (Å²) in [6, 6.07) is 5.01. The Hall–Kier alpha value is -1.56. The largest absolute Gasteiger partial charge is 0.416 e. The zero-order chi connectivity index (χ0) is 14.6. The van der Waals surface area contributed by atoms with E-state index in [0.29, 0.717) is 0 Å². The van der Waals surface area contributed by atoms with Gasteiger partial charge in [-0.25, -0.2) is 0 Å². The summed E-state index contributed by atoms with van der Waals surface area (Å²) in [6.07, 6.45) is -1.68. The second-order valence-corrected chi connectivity index (χ2v) is 4.88. The number of hydrogen-bond acceptors (Lipinski definition) is 2. The minimum Gasteiger partial charge on any atom is -0.351 e. The minimum absolute atomic E-state index is 0.0872. The molecule has 1 heterocycles. The minimum atomic E-state index is -4.40. The summed E-state index contributed by atoms with van der Waals surface area (Å²) in [4.78, 5) is 11.9. The molecule has 1 aliphatic rings. The van der Waals surface area contributed by atoms with Crippen LogP contribution in [0.25, 0.3) is 0 Å². The molecule has 1 atom stereocenters. The van der Waals surface area contributed by atoms with Crippen LogP contribution in [0, 0.1) is 0 Å². The third-order valence-corrected chi connectivity index (χ3v) is 3.40. The summed E-state index contributed by atoms with van der Waals surface area (Å²) in [5.74, 6) is -0.235. The Morgan fingerprint density at radius 2 is 2.05 bits per heavy atom. The molecule has 1 saturated heterocycles. The fraction of sp³-hybridized carbons (Fsp3) is 0.500. The van der Waals surface area contributed by atoms with Gasteiger partial charge in [-0.1, -0.05) is 24.6 Å². The number of hydrogen-bond donors (Lipinski definition) is 2. The van der Waals surface area contributed by atoms with E-state index in [0.717, 1.165) is 31.9 Å². The molecular formula is C14H17F3N2O. The summed E-state index contributed by atoms with van der Waals surface area (Å²) in [6.45, 7) is 0.671. The molecule has 1 fully saturated rings. The molecule has 3 nitrogen and oxygen atoms in total. The quantitative estimate of drug-likeness (QED) is 0.896. The van der Waals surface area contributed by atoms with Crippen molar-refractivity contribution in [1.82, 2.24) is 10.6 Å². The molecule has 0 saturated carbocycles. The van der Waals surface area contributed by atoms with E-state index in [1.807, 2.05) is 0 Å². The Balaban J connectivity index is 1.98. The Bertz CT molecular complexity index is 468. The van der Waals surface area contributed by atoms with Gasteiger partial charge in [0.05, 0.1) is 11.6 Å². The fourth-order valence-electron chi connectivity index (χ4n) is 2.33. The van der Waals surface area contributed by atoms with Crippen molar-refractivity contribution >= 4 is 5.91 Å². The molecule has 0 spiro atoms. The Morgan fingerprint density at radius 3 is 2.70 bits per heavy atom. The molecule has 0 unspecified atom stereocenters. The number of amides is 1. The second kappa shape index (κ2) is 6.26. The monoisotopic (exact) mass is 286 g/mol. The highest BCUT2D eigenvalue weighted by atomic mass is 19.4. The molecular weight excluding hydrogens is 269 g/mol. The molecule has 0 bridgehead atoms. The maximum absolute atomic E-state index is 12.8. The van der Waals surface area contributed by atoms with Gasteiger partial charge in [0, 0.05) is 6.54 Å². The first-order valence-corrected chi connectivity index (χ1v) is 6.64. The normalized spacial score (nSPS) is 19.6. The Labute approximate surface area is 115 Å². The second-order valence-electron chi connectivity index (χ2n) is 4.88. The van der Waals surface area contributed by atoms with E-state index in [1.165, 1.54) is 18.2 Å². The number of rotatable bonds is 3. The van der Waals surface area contributed by atoms with Gasteiger partial charge in [0.15, 0.2) is 0 Å². The maximum Gasteiger partial charge on any atom is 0.416 e. The van der Waals surface area contributed by atoms with Gasteiger partial charge in [0.25, 0.3) is 0 Å². The summed E-state index contributed by atoms with van der Waals surface area (Å²) < 4.78 is 38.4. The standard InChI is InChI=1S/C14H17F3N2O/c15-14(16,17)11-6-2-1-5-10(11)9-19-13(20)12-7-3-4-8-18-12/h1-2,5-6,12,18H,3-4,7-9H2,(H,19,20)/t12-/m0/s1. The molecule has 110 valence electrons. The molecule has 1 aliphatic heterocycles. The zero-order valence-electron chi connectivity index (χ0n) is 11.0. The first-order chi connectivity index (χ1) is 9.48. The van der Waals surface area contributed by atoms with Crippen molar-refractivity contribution in [1.29, 1.82) is 0 Å². The highest BCUT2D eigenvalue weighted by Crippen LogP contribution is 2.31. The van der Waals surface area contributed by atoms with Crippen LogP contribution in [0.2, 0.25) is 0 Å². The van der Waals surface area contributed by atoms with Gasteiger partial charge in [0.2, 0.25) is 5.91 Å². The van der Waals surface area contributed by atoms with E-state index in [4.69, 9.17) is 0 Å². The van der Waals surface area contributed by atoms with Gasteiger partial charge in [0.1, 0.15) is 0 Å². The smallest absolute Gasteiger partial charge is 0.351 e. The summed E-state index contributed by atoms with van der Waals surface area (Å²) in [5, 5.41) is 5.65. The zero-order valence-corrected chi connectivity index (χ0v) is 11.0. The number of piperidine rings is 1.